The predicted octanol–water partition coefficient (Wildman–Crippen LogP) is -0.347. The van der Waals surface area contributed by atoms with Crippen LogP contribution in [-0.2, 0) is 11.3 Å². The van der Waals surface area contributed by atoms with Crippen LogP contribution in [0, 0.1) is 0 Å². The highest BCUT2D eigenvalue weighted by Crippen LogP contribution is 2.11. The number of fused-ring (bicyclic) bond motifs is 1. The predicted molar refractivity (Wildman–Crippen MR) is 48.3 cm³/mol. The summed E-state index contributed by atoms with van der Waals surface area (Å²) >= 11 is 0. The lowest BCUT2D eigenvalue weighted by molar-refractivity contribution is -0.118. The molecule has 2 aliphatic heterocycles. The van der Waals surface area contributed by atoms with Crippen LogP contribution in [0.5, 0.6) is 0 Å². The molecular formula is C8H9N5O. The molecule has 0 saturated carbocycles. The van der Waals surface area contributed by atoms with Gasteiger partial charge in [0.25, 0.3) is 0 Å². The Balaban J connectivity index is 2.18. The SMILES string of the molecule is NC(=O)CCn1cnc2ncnc-2c1. The van der Waals surface area contributed by atoms with Crippen molar-refractivity contribution in [1.82, 2.24) is 19.5 Å². The molecule has 0 aromatic rings. The molecule has 0 spiro atoms. The molecule has 0 aromatic heterocycles. The summed E-state index contributed by atoms with van der Waals surface area (Å²) in [7, 11) is 0. The Morgan fingerprint density at radius 2 is 2.29 bits per heavy atom. The van der Waals surface area contributed by atoms with Gasteiger partial charge < -0.3 is 10.3 Å². The molecule has 0 radical (unpaired) electrons. The maximum absolute atomic E-state index is 10.5. The molecule has 0 bridgehead atoms. The number of carbonyl (C=O) groups excluding carboxylic acids is 1. The Bertz CT molecular complexity index is 424. The molecule has 0 atom stereocenters. The van der Waals surface area contributed by atoms with Gasteiger partial charge in [0.1, 0.15) is 12.0 Å². The molecule has 0 fully saturated rings. The van der Waals surface area contributed by atoms with Gasteiger partial charge in [-0.1, -0.05) is 0 Å². The Morgan fingerprint density at radius 1 is 1.43 bits per heavy atom. The van der Waals surface area contributed by atoms with E-state index in [1.165, 1.54) is 6.33 Å². The van der Waals surface area contributed by atoms with E-state index in [-0.39, 0.29) is 5.91 Å². The van der Waals surface area contributed by atoms with E-state index in [0.29, 0.717) is 18.8 Å². The van der Waals surface area contributed by atoms with Gasteiger partial charge >= 0.3 is 0 Å². The monoisotopic (exact) mass is 191 g/mol. The minimum absolute atomic E-state index is 0.298. The first-order valence-corrected chi connectivity index (χ1v) is 4.16. The number of amides is 1. The number of hydrogen-bond acceptors (Lipinski definition) is 4. The minimum atomic E-state index is -0.328. The second-order valence-electron chi connectivity index (χ2n) is 2.91. The molecule has 2 rings (SSSR count). The van der Waals surface area contributed by atoms with Crippen molar-refractivity contribution >= 4 is 5.91 Å². The average molecular weight is 191 g/mol. The summed E-state index contributed by atoms with van der Waals surface area (Å²) in [6, 6.07) is 0. The van der Waals surface area contributed by atoms with Crippen molar-refractivity contribution in [3.8, 4) is 11.5 Å². The van der Waals surface area contributed by atoms with Gasteiger partial charge in [-0.3, -0.25) is 4.79 Å². The van der Waals surface area contributed by atoms with Crippen LogP contribution in [0.4, 0.5) is 0 Å². The van der Waals surface area contributed by atoms with Crippen LogP contribution < -0.4 is 5.73 Å². The topological polar surface area (TPSA) is 86.7 Å². The fourth-order valence-electron chi connectivity index (χ4n) is 1.14. The van der Waals surface area contributed by atoms with E-state index in [2.05, 4.69) is 15.0 Å². The molecule has 72 valence electrons. The van der Waals surface area contributed by atoms with Gasteiger partial charge in [0.15, 0.2) is 5.82 Å². The van der Waals surface area contributed by atoms with Crippen molar-refractivity contribution in [1.29, 1.82) is 0 Å². The molecule has 2 N–H and O–H groups in total. The van der Waals surface area contributed by atoms with E-state index in [4.69, 9.17) is 5.73 Å². The van der Waals surface area contributed by atoms with Crippen molar-refractivity contribution in [3.63, 3.8) is 0 Å². The second kappa shape index (κ2) is 3.41. The third-order valence-electron chi connectivity index (χ3n) is 1.84. The number of nitrogens with two attached hydrogens (primary N) is 1. The van der Waals surface area contributed by atoms with Crippen molar-refractivity contribution in [3.05, 3.63) is 18.9 Å². The highest BCUT2D eigenvalue weighted by atomic mass is 16.1. The largest absolute Gasteiger partial charge is 0.370 e. The number of hydrogen-bond donors (Lipinski definition) is 1. The standard InChI is InChI=1S/C8H9N5O/c9-7(14)1-2-13-3-6-8(12-5-13)11-4-10-6/h3-5H,1-2H2,(H2,9,14). The van der Waals surface area contributed by atoms with E-state index in [1.54, 1.807) is 17.1 Å². The summed E-state index contributed by atoms with van der Waals surface area (Å²) < 4.78 is 1.77. The van der Waals surface area contributed by atoms with Gasteiger partial charge in [0.05, 0.1) is 6.33 Å². The minimum Gasteiger partial charge on any atom is -0.370 e. The maximum atomic E-state index is 10.5. The van der Waals surface area contributed by atoms with Crippen LogP contribution in [0.1, 0.15) is 6.42 Å². The number of primary amides is 1. The Labute approximate surface area is 80.1 Å². The fraction of sp³-hybridized carbons (Fsp3) is 0.250. The summed E-state index contributed by atoms with van der Waals surface area (Å²) in [5.41, 5.74) is 5.75. The zero-order valence-electron chi connectivity index (χ0n) is 7.42. The Kier molecular flexibility index (Phi) is 2.10. The van der Waals surface area contributed by atoms with Gasteiger partial charge in [0.2, 0.25) is 5.91 Å². The van der Waals surface area contributed by atoms with E-state index in [9.17, 15) is 4.79 Å². The lowest BCUT2D eigenvalue weighted by atomic mass is 10.4. The van der Waals surface area contributed by atoms with E-state index in [0.717, 1.165) is 5.69 Å². The number of aryl methyl sites for hydroxylation is 1. The summed E-state index contributed by atoms with van der Waals surface area (Å²) in [5, 5.41) is 0. The lowest BCUT2D eigenvalue weighted by Crippen LogP contribution is -2.14. The summed E-state index contributed by atoms with van der Waals surface area (Å²) in [6.07, 6.45) is 5.15. The van der Waals surface area contributed by atoms with Crippen LogP contribution >= 0.6 is 0 Å². The van der Waals surface area contributed by atoms with Gasteiger partial charge in [-0.15, -0.1) is 0 Å². The molecule has 0 unspecified atom stereocenters. The summed E-state index contributed by atoms with van der Waals surface area (Å²) in [4.78, 5) is 22.5. The smallest absolute Gasteiger partial charge is 0.219 e. The molecular weight excluding hydrogens is 182 g/mol. The first-order chi connectivity index (χ1) is 6.75. The fourth-order valence-corrected chi connectivity index (χ4v) is 1.14. The number of rotatable bonds is 3. The van der Waals surface area contributed by atoms with Crippen LogP contribution in [0.15, 0.2) is 18.9 Å². The zero-order chi connectivity index (χ0) is 9.97. The quantitative estimate of drug-likeness (QED) is 0.718. The van der Waals surface area contributed by atoms with Crippen LogP contribution in [0.3, 0.4) is 0 Å². The molecule has 0 aliphatic carbocycles. The molecule has 2 aliphatic rings. The molecule has 14 heavy (non-hydrogen) atoms. The normalized spacial score (nSPS) is 10.6. The Morgan fingerprint density at radius 3 is 3.07 bits per heavy atom. The highest BCUT2D eigenvalue weighted by Gasteiger charge is 2.06. The molecule has 1 amide bonds. The molecule has 0 saturated heterocycles. The van der Waals surface area contributed by atoms with Gasteiger partial charge in [0, 0.05) is 19.2 Å². The first kappa shape index (κ1) is 8.61. The van der Waals surface area contributed by atoms with E-state index in [1.807, 2.05) is 0 Å². The third kappa shape index (κ3) is 1.68. The van der Waals surface area contributed by atoms with E-state index >= 15 is 0 Å². The molecule has 6 heteroatoms. The van der Waals surface area contributed by atoms with Crippen LogP contribution in [-0.4, -0.2) is 25.4 Å². The van der Waals surface area contributed by atoms with Crippen LogP contribution in [0.2, 0.25) is 0 Å². The van der Waals surface area contributed by atoms with Crippen molar-refractivity contribution in [2.24, 2.45) is 5.73 Å². The number of imidazole rings is 1. The van der Waals surface area contributed by atoms with Gasteiger partial charge in [-0.25, -0.2) is 15.0 Å². The molecule has 2 heterocycles. The van der Waals surface area contributed by atoms with Crippen molar-refractivity contribution in [2.75, 3.05) is 0 Å². The number of carbonyl (C=O) groups is 1. The van der Waals surface area contributed by atoms with Crippen LogP contribution in [0.25, 0.3) is 11.5 Å². The molecule has 0 aromatic carbocycles. The van der Waals surface area contributed by atoms with Crippen molar-refractivity contribution < 1.29 is 4.79 Å². The van der Waals surface area contributed by atoms with Gasteiger partial charge in [-0.05, 0) is 0 Å². The number of nitrogens with zero attached hydrogens (tertiary/aromatic N) is 4. The summed E-state index contributed by atoms with van der Waals surface area (Å²) in [5.74, 6) is 0.284. The zero-order valence-corrected chi connectivity index (χ0v) is 7.42. The third-order valence-corrected chi connectivity index (χ3v) is 1.84. The van der Waals surface area contributed by atoms with Crippen molar-refractivity contribution in [2.45, 2.75) is 13.0 Å². The second-order valence-corrected chi connectivity index (χ2v) is 2.91. The molecule has 6 nitrogen and oxygen atoms in total. The number of aromatic nitrogens is 4. The highest BCUT2D eigenvalue weighted by molar-refractivity contribution is 5.73. The average Bonchev–Trinajstić information content (AvgIpc) is 2.61. The van der Waals surface area contributed by atoms with E-state index < -0.39 is 0 Å². The maximum Gasteiger partial charge on any atom is 0.219 e. The Hall–Kier alpha value is -1.98. The summed E-state index contributed by atoms with van der Waals surface area (Å²) in [6.45, 7) is 0.519. The lowest BCUT2D eigenvalue weighted by Gasteiger charge is -2.04. The van der Waals surface area contributed by atoms with Gasteiger partial charge in [-0.2, -0.15) is 0 Å². The first-order valence-electron chi connectivity index (χ1n) is 4.16.